The van der Waals surface area contributed by atoms with Crippen LogP contribution in [0.5, 0.6) is 23.0 Å². The molecule has 0 unspecified atom stereocenters. The van der Waals surface area contributed by atoms with E-state index in [2.05, 4.69) is 40.8 Å². The van der Waals surface area contributed by atoms with E-state index in [4.69, 9.17) is 30.5 Å². The van der Waals surface area contributed by atoms with Crippen molar-refractivity contribution in [1.82, 2.24) is 60.4 Å². The van der Waals surface area contributed by atoms with Crippen LogP contribution in [0.25, 0.3) is 45.0 Å². The lowest BCUT2D eigenvalue weighted by molar-refractivity contribution is -0.141. The van der Waals surface area contributed by atoms with Gasteiger partial charge in [0.2, 0.25) is 0 Å². The van der Waals surface area contributed by atoms with Gasteiger partial charge in [-0.15, -0.1) is 0 Å². The molecule has 16 rings (SSSR count). The number of carbonyl (C=O) groups excluding carboxylic acids is 4. The van der Waals surface area contributed by atoms with Crippen molar-refractivity contribution in [3.05, 3.63) is 285 Å². The Bertz CT molecular complexity index is 5120. The lowest BCUT2D eigenvalue weighted by Crippen LogP contribution is -2.38. The van der Waals surface area contributed by atoms with Crippen LogP contribution < -0.4 is 18.9 Å². The third kappa shape index (κ3) is 18.9. The molecule has 27 heteroatoms. The fraction of sp³-hybridized carbons (Fsp3) is 0.229. The Labute approximate surface area is 633 Å². The molecule has 110 heavy (non-hydrogen) atoms. The third-order valence-corrected chi connectivity index (χ3v) is 19.2. The molecule has 12 aromatic rings. The third-order valence-electron chi connectivity index (χ3n) is 18.9. The maximum absolute atomic E-state index is 13.1. The van der Waals surface area contributed by atoms with Crippen LogP contribution in [-0.4, -0.2) is 137 Å². The van der Waals surface area contributed by atoms with E-state index in [1.54, 1.807) is 34.1 Å². The fourth-order valence-electron chi connectivity index (χ4n) is 13.1. The highest BCUT2D eigenvalue weighted by Crippen LogP contribution is 2.38. The second-order valence-electron chi connectivity index (χ2n) is 26.3. The number of H-pyrrole nitrogens is 4. The predicted molar refractivity (Wildman–Crippen MR) is 400 cm³/mol. The average molecular weight is 1520 g/mol. The molecule has 20 nitrogen and oxygen atoms in total. The van der Waals surface area contributed by atoms with Crippen molar-refractivity contribution in [2.24, 2.45) is 0 Å². The van der Waals surface area contributed by atoms with E-state index in [-0.39, 0.29) is 54.9 Å². The number of aryl methyl sites for hydroxylation is 1. The lowest BCUT2D eigenvalue weighted by atomic mass is 10.0. The van der Waals surface area contributed by atoms with Crippen LogP contribution in [0.15, 0.2) is 218 Å². The molecule has 0 spiro atoms. The lowest BCUT2D eigenvalue weighted by Gasteiger charge is -2.27. The SMILES string of the molecule is Cc1cccc(OCC(=O)N2CCc3[nH]nc(-c4ccccc4)c3C2)c1.O=C(COc1ccc(C(F)(F)F)cc1)N1CCc2[nH]nc(-c3ccccc3)c2C1.O=C(COc1ccc(Cl)cc1)N1CCc2[nH]nc(-c3ccccc3)c2C1.O=C(COc1ccccc1C(F)(F)F)N1CCc2[nH]nc(-c3ccccc3)c2C1. The molecule has 0 saturated heterocycles. The molecular weight excluding hydrogens is 1440 g/mol. The van der Waals surface area contributed by atoms with Gasteiger partial charge in [-0.1, -0.05) is 157 Å². The predicted octanol–water partition coefficient (Wildman–Crippen LogP) is 15.2. The number of fused-ring (bicyclic) bond motifs is 4. The Kier molecular flexibility index (Phi) is 23.9. The summed E-state index contributed by atoms with van der Waals surface area (Å²) in [5, 5.41) is 30.7. The van der Waals surface area contributed by atoms with Crippen LogP contribution >= 0.6 is 11.6 Å². The van der Waals surface area contributed by atoms with Gasteiger partial charge in [0.25, 0.3) is 23.6 Å². The van der Waals surface area contributed by atoms with Gasteiger partial charge >= 0.3 is 12.4 Å². The van der Waals surface area contributed by atoms with Crippen molar-refractivity contribution in [3.63, 3.8) is 0 Å². The zero-order chi connectivity index (χ0) is 76.7. The van der Waals surface area contributed by atoms with E-state index in [0.29, 0.717) is 76.0 Å². The number of nitrogens with zero attached hydrogens (tertiary/aromatic N) is 8. The standard InChI is InChI=1S/2C21H18F3N3O2.C21H21N3O2.C20H18ClN3O2/c22-21(23,24)16-8-4-5-9-18(16)29-13-19(28)27-11-10-17-15(12-27)20(26-25-17)14-6-2-1-3-7-14;22-21(23,24)15-6-8-16(9-7-15)29-13-19(28)27-11-10-18-17(12-27)20(26-25-18)14-4-2-1-3-5-14;1-15-6-5-9-17(12-15)26-14-20(25)24-11-10-19-18(13-24)21(23-22-19)16-7-3-2-4-8-16;21-15-6-8-16(9-7-15)26-13-19(25)24-11-10-18-17(12-24)20(23-22-18)14-4-2-1-3-5-14/h2*1-9H,10-13H2,(H,25,26);2-9,12H,10-11,13-14H2,1H3,(H,22,23);1-9H,10-13H2,(H,22,23). The van der Waals surface area contributed by atoms with Crippen LogP contribution in [0.1, 0.15) is 61.7 Å². The molecule has 8 aromatic carbocycles. The number of alkyl halides is 6. The molecular formula is C83H75ClF6N12O8. The number of hydrogen-bond acceptors (Lipinski definition) is 12. The number of benzene rings is 8. The van der Waals surface area contributed by atoms with Crippen molar-refractivity contribution in [2.45, 2.75) is 71.1 Å². The Hall–Kier alpha value is -12.5. The van der Waals surface area contributed by atoms with Gasteiger partial charge in [-0.2, -0.15) is 46.7 Å². The molecule has 8 heterocycles. The zero-order valence-electron chi connectivity index (χ0n) is 59.6. The summed E-state index contributed by atoms with van der Waals surface area (Å²) in [6.07, 6.45) is -6.14. The van der Waals surface area contributed by atoms with Gasteiger partial charge in [-0.05, 0) is 85.3 Å². The van der Waals surface area contributed by atoms with Crippen LogP contribution in [0.3, 0.4) is 0 Å². The number of rotatable bonds is 16. The van der Waals surface area contributed by atoms with E-state index in [1.807, 2.05) is 162 Å². The van der Waals surface area contributed by atoms with E-state index in [0.717, 1.165) is 132 Å². The molecule has 0 saturated carbocycles. The van der Waals surface area contributed by atoms with E-state index in [9.17, 15) is 45.5 Å². The smallest absolute Gasteiger partial charge is 0.419 e. The summed E-state index contributed by atoms with van der Waals surface area (Å²) in [6, 6.07) is 63.3. The highest BCUT2D eigenvalue weighted by molar-refractivity contribution is 6.30. The van der Waals surface area contributed by atoms with Gasteiger partial charge < -0.3 is 38.5 Å². The minimum Gasteiger partial charge on any atom is -0.484 e. The first kappa shape index (κ1) is 75.8. The minimum atomic E-state index is -4.54. The van der Waals surface area contributed by atoms with E-state index < -0.39 is 30.1 Å². The second-order valence-corrected chi connectivity index (χ2v) is 26.7. The van der Waals surface area contributed by atoms with E-state index >= 15 is 0 Å². The molecule has 0 bridgehead atoms. The average Bonchev–Trinajstić information content (AvgIpc) is 1.65. The van der Waals surface area contributed by atoms with Gasteiger partial charge in [0, 0.05) is 150 Å². The number of carbonyl (C=O) groups is 4. The summed E-state index contributed by atoms with van der Waals surface area (Å²) in [6.45, 7) is 5.53. The van der Waals surface area contributed by atoms with Crippen LogP contribution in [-0.2, 0) is 83.4 Å². The number of para-hydroxylation sites is 1. The zero-order valence-corrected chi connectivity index (χ0v) is 60.3. The number of aromatic amines is 4. The maximum Gasteiger partial charge on any atom is 0.419 e. The van der Waals surface area contributed by atoms with Crippen molar-refractivity contribution in [1.29, 1.82) is 0 Å². The first-order valence-electron chi connectivity index (χ1n) is 35.5. The molecule has 4 aliphatic heterocycles. The van der Waals surface area contributed by atoms with Crippen LogP contribution in [0.2, 0.25) is 5.02 Å². The molecule has 0 radical (unpaired) electrons. The summed E-state index contributed by atoms with van der Waals surface area (Å²) in [5.74, 6) is 0.599. The number of halogens is 7. The van der Waals surface area contributed by atoms with Crippen LogP contribution in [0.4, 0.5) is 26.3 Å². The summed E-state index contributed by atoms with van der Waals surface area (Å²) in [5.41, 5.74) is 15.2. The van der Waals surface area contributed by atoms with Crippen LogP contribution in [0, 0.1) is 6.92 Å². The second kappa shape index (κ2) is 34.6. The van der Waals surface area contributed by atoms with E-state index in [1.165, 1.54) is 30.3 Å². The van der Waals surface area contributed by atoms with Gasteiger partial charge in [0.1, 0.15) is 23.0 Å². The monoisotopic (exact) mass is 1520 g/mol. The topological polar surface area (TPSA) is 233 Å². The molecule has 0 atom stereocenters. The summed E-state index contributed by atoms with van der Waals surface area (Å²) in [7, 11) is 0. The molecule has 564 valence electrons. The molecule has 4 aliphatic rings. The molecule has 0 fully saturated rings. The number of ether oxygens (including phenoxy) is 4. The first-order chi connectivity index (χ1) is 53.3. The number of hydrogen-bond donors (Lipinski definition) is 4. The maximum atomic E-state index is 13.1. The molecule has 4 aromatic heterocycles. The number of amides is 4. The number of nitrogens with one attached hydrogen (secondary N) is 4. The van der Waals surface area contributed by atoms with Gasteiger partial charge in [0.05, 0.1) is 33.9 Å². The molecule has 4 N–H and O–H groups in total. The fourth-order valence-corrected chi connectivity index (χ4v) is 13.2. The van der Waals surface area contributed by atoms with Gasteiger partial charge in [0.15, 0.2) is 26.4 Å². The normalized spacial score (nSPS) is 13.6. The Morgan fingerprint density at radius 3 is 1.03 bits per heavy atom. The Balaban J connectivity index is 0.000000129. The largest absolute Gasteiger partial charge is 0.484 e. The van der Waals surface area contributed by atoms with Crippen molar-refractivity contribution < 1.29 is 64.5 Å². The summed E-state index contributed by atoms with van der Waals surface area (Å²) in [4.78, 5) is 57.3. The van der Waals surface area contributed by atoms with Crippen molar-refractivity contribution in [3.8, 4) is 68.0 Å². The highest BCUT2D eigenvalue weighted by atomic mass is 35.5. The Morgan fingerprint density at radius 2 is 0.691 bits per heavy atom. The van der Waals surface area contributed by atoms with Crippen molar-refractivity contribution >= 4 is 35.2 Å². The Morgan fingerprint density at radius 1 is 0.373 bits per heavy atom. The molecule has 4 amide bonds. The summed E-state index contributed by atoms with van der Waals surface area (Å²) < 4.78 is 99.0. The van der Waals surface area contributed by atoms with Gasteiger partial charge in [-0.25, -0.2) is 0 Å². The summed E-state index contributed by atoms with van der Waals surface area (Å²) >= 11 is 5.86. The molecule has 0 aliphatic carbocycles. The first-order valence-corrected chi connectivity index (χ1v) is 35.9. The van der Waals surface area contributed by atoms with Gasteiger partial charge in [-0.3, -0.25) is 39.6 Å². The quantitative estimate of drug-likeness (QED) is 0.0662. The highest BCUT2D eigenvalue weighted by Gasteiger charge is 2.36. The van der Waals surface area contributed by atoms with Crippen molar-refractivity contribution in [2.75, 3.05) is 52.6 Å². The minimum absolute atomic E-state index is 0.00244. The number of aromatic nitrogens is 8.